The molecule has 18 heavy (non-hydrogen) atoms. The van der Waals surface area contributed by atoms with Crippen LogP contribution >= 0.6 is 23.2 Å². The normalized spacial score (nSPS) is 10.7. The highest BCUT2D eigenvalue weighted by Gasteiger charge is 2.15. The van der Waals surface area contributed by atoms with Gasteiger partial charge in [0, 0.05) is 7.05 Å². The van der Waals surface area contributed by atoms with Gasteiger partial charge in [0.25, 0.3) is 0 Å². The fourth-order valence-corrected chi connectivity index (χ4v) is 1.93. The highest BCUT2D eigenvalue weighted by atomic mass is 35.5. The number of nitrogens with zero attached hydrogens (tertiary/aromatic N) is 3. The third-order valence-electron chi connectivity index (χ3n) is 2.57. The van der Waals surface area contributed by atoms with Crippen LogP contribution in [0.1, 0.15) is 11.4 Å². The second-order valence-electron chi connectivity index (χ2n) is 3.87. The summed E-state index contributed by atoms with van der Waals surface area (Å²) in [7, 11) is 1.83. The number of aromatic nitrogens is 3. The van der Waals surface area contributed by atoms with E-state index >= 15 is 0 Å². The Hall–Kier alpha value is -1.46. The highest BCUT2D eigenvalue weighted by Crippen LogP contribution is 2.34. The number of hydrogen-bond acceptors (Lipinski definition) is 4. The molecule has 0 bridgehead atoms. The second kappa shape index (κ2) is 4.66. The van der Waals surface area contributed by atoms with Crippen molar-refractivity contribution in [2.45, 2.75) is 13.8 Å². The van der Waals surface area contributed by atoms with Crippen molar-refractivity contribution >= 4 is 29.0 Å². The van der Waals surface area contributed by atoms with Gasteiger partial charge in [-0.05, 0) is 19.9 Å². The lowest BCUT2D eigenvalue weighted by Gasteiger charge is -2.08. The quantitative estimate of drug-likeness (QED) is 0.921. The number of halogens is 2. The van der Waals surface area contributed by atoms with Crippen LogP contribution < -0.4 is 10.5 Å². The van der Waals surface area contributed by atoms with Crippen molar-refractivity contribution in [2.24, 2.45) is 7.05 Å². The van der Waals surface area contributed by atoms with E-state index in [2.05, 4.69) is 10.1 Å². The van der Waals surface area contributed by atoms with Crippen LogP contribution in [-0.2, 0) is 7.05 Å². The third-order valence-corrected chi connectivity index (χ3v) is 3.14. The summed E-state index contributed by atoms with van der Waals surface area (Å²) in [6.45, 7) is 3.73. The van der Waals surface area contributed by atoms with Gasteiger partial charge in [-0.25, -0.2) is 0 Å². The lowest BCUT2D eigenvalue weighted by atomic mass is 10.3. The van der Waals surface area contributed by atoms with Crippen molar-refractivity contribution < 1.29 is 4.74 Å². The van der Waals surface area contributed by atoms with Crippen molar-refractivity contribution in [3.63, 3.8) is 0 Å². The number of ether oxygens (including phenoxy) is 1. The Bertz CT molecular complexity index is 610. The van der Waals surface area contributed by atoms with E-state index in [1.165, 1.54) is 6.07 Å². The van der Waals surface area contributed by atoms with Crippen LogP contribution in [0.3, 0.4) is 0 Å². The molecule has 0 unspecified atom stereocenters. The van der Waals surface area contributed by atoms with Crippen LogP contribution in [-0.4, -0.2) is 14.8 Å². The minimum Gasteiger partial charge on any atom is -0.434 e. The number of aryl methyl sites for hydroxylation is 2. The Labute approximate surface area is 114 Å². The van der Waals surface area contributed by atoms with Gasteiger partial charge in [0.2, 0.25) is 5.88 Å². The number of rotatable bonds is 2. The summed E-state index contributed by atoms with van der Waals surface area (Å²) in [5.74, 6) is 1.02. The van der Waals surface area contributed by atoms with E-state index in [0.717, 1.165) is 11.4 Å². The van der Waals surface area contributed by atoms with Crippen LogP contribution in [0.15, 0.2) is 6.07 Å². The summed E-state index contributed by atoms with van der Waals surface area (Å²) >= 11 is 11.8. The average molecular weight is 287 g/mol. The smallest absolute Gasteiger partial charge is 0.240 e. The molecule has 2 N–H and O–H groups in total. The van der Waals surface area contributed by atoms with Crippen LogP contribution in [0.4, 0.5) is 5.82 Å². The first-order valence-electron chi connectivity index (χ1n) is 5.19. The topological polar surface area (TPSA) is 66.0 Å². The molecule has 0 radical (unpaired) electrons. The van der Waals surface area contributed by atoms with Crippen molar-refractivity contribution in [2.75, 3.05) is 5.73 Å². The molecule has 0 saturated heterocycles. The third kappa shape index (κ3) is 2.23. The molecule has 0 saturated carbocycles. The minimum absolute atomic E-state index is 0.176. The molecule has 0 aliphatic rings. The zero-order valence-electron chi connectivity index (χ0n) is 10.2. The van der Waals surface area contributed by atoms with E-state index in [4.69, 9.17) is 33.7 Å². The molecule has 0 aliphatic carbocycles. The van der Waals surface area contributed by atoms with Gasteiger partial charge in [0.15, 0.2) is 5.75 Å². The monoisotopic (exact) mass is 286 g/mol. The molecule has 0 atom stereocenters. The number of hydrogen-bond donors (Lipinski definition) is 1. The average Bonchev–Trinajstić information content (AvgIpc) is 2.52. The summed E-state index contributed by atoms with van der Waals surface area (Å²) in [6, 6.07) is 1.50. The van der Waals surface area contributed by atoms with Gasteiger partial charge in [-0.3, -0.25) is 4.68 Å². The van der Waals surface area contributed by atoms with Gasteiger partial charge in [-0.2, -0.15) is 10.1 Å². The van der Waals surface area contributed by atoms with Crippen LogP contribution in [0.25, 0.3) is 0 Å². The van der Waals surface area contributed by atoms with E-state index in [9.17, 15) is 0 Å². The van der Waals surface area contributed by atoms with Crippen LogP contribution in [0, 0.1) is 13.8 Å². The molecule has 0 spiro atoms. The SMILES string of the molecule is Cc1nn(C)c(C)c1Oc1nc(N)c(Cl)cc1Cl. The van der Waals surface area contributed by atoms with Gasteiger partial charge in [0.05, 0.1) is 10.7 Å². The Morgan fingerprint density at radius 3 is 2.50 bits per heavy atom. The van der Waals surface area contributed by atoms with Gasteiger partial charge >= 0.3 is 0 Å². The van der Waals surface area contributed by atoms with Gasteiger partial charge in [-0.15, -0.1) is 0 Å². The van der Waals surface area contributed by atoms with Crippen molar-refractivity contribution in [3.05, 3.63) is 27.5 Å². The molecule has 2 heterocycles. The Morgan fingerprint density at radius 1 is 1.28 bits per heavy atom. The summed E-state index contributed by atoms with van der Waals surface area (Å²) < 4.78 is 7.38. The predicted molar refractivity (Wildman–Crippen MR) is 71.4 cm³/mol. The summed E-state index contributed by atoms with van der Waals surface area (Å²) in [5.41, 5.74) is 7.25. The maximum absolute atomic E-state index is 6.01. The fraction of sp³-hybridized carbons (Fsp3) is 0.273. The first-order valence-corrected chi connectivity index (χ1v) is 5.95. The molecular weight excluding hydrogens is 275 g/mol. The van der Waals surface area contributed by atoms with Crippen molar-refractivity contribution in [1.82, 2.24) is 14.8 Å². The predicted octanol–water partition coefficient (Wildman–Crippen LogP) is 3.11. The fourth-order valence-electron chi connectivity index (χ4n) is 1.53. The zero-order valence-corrected chi connectivity index (χ0v) is 11.7. The Balaban J connectivity index is 2.43. The second-order valence-corrected chi connectivity index (χ2v) is 4.68. The molecule has 7 heteroatoms. The van der Waals surface area contributed by atoms with E-state index in [0.29, 0.717) is 15.8 Å². The number of nitrogen functional groups attached to an aromatic ring is 1. The van der Waals surface area contributed by atoms with E-state index in [1.54, 1.807) is 4.68 Å². The van der Waals surface area contributed by atoms with E-state index in [1.807, 2.05) is 20.9 Å². The molecule has 0 fully saturated rings. The first-order chi connectivity index (χ1) is 8.40. The molecule has 0 aromatic carbocycles. The maximum Gasteiger partial charge on any atom is 0.240 e. The van der Waals surface area contributed by atoms with E-state index < -0.39 is 0 Å². The molecule has 5 nitrogen and oxygen atoms in total. The lowest BCUT2D eigenvalue weighted by Crippen LogP contribution is -1.97. The number of anilines is 1. The molecule has 96 valence electrons. The first kappa shape index (κ1) is 13.0. The van der Waals surface area contributed by atoms with Crippen LogP contribution in [0.2, 0.25) is 10.0 Å². The van der Waals surface area contributed by atoms with E-state index in [-0.39, 0.29) is 11.7 Å². The Kier molecular flexibility index (Phi) is 3.36. The van der Waals surface area contributed by atoms with Gasteiger partial charge in [0.1, 0.15) is 16.5 Å². The Morgan fingerprint density at radius 2 is 1.94 bits per heavy atom. The largest absolute Gasteiger partial charge is 0.434 e. The number of pyridine rings is 1. The molecule has 0 aliphatic heterocycles. The van der Waals surface area contributed by atoms with Crippen molar-refractivity contribution in [1.29, 1.82) is 0 Å². The van der Waals surface area contributed by atoms with Crippen molar-refractivity contribution in [3.8, 4) is 11.6 Å². The molecule has 2 rings (SSSR count). The van der Waals surface area contributed by atoms with Crippen LogP contribution in [0.5, 0.6) is 11.6 Å². The molecular formula is C11H12Cl2N4O. The molecule has 0 amide bonds. The van der Waals surface area contributed by atoms with Gasteiger partial charge < -0.3 is 10.5 Å². The maximum atomic E-state index is 6.01. The molecule has 2 aromatic rings. The minimum atomic E-state index is 0.176. The number of nitrogens with two attached hydrogens (primary N) is 1. The summed E-state index contributed by atoms with van der Waals surface area (Å²) in [5, 5.41) is 4.84. The summed E-state index contributed by atoms with van der Waals surface area (Å²) in [6.07, 6.45) is 0. The molecule has 2 aromatic heterocycles. The zero-order chi connectivity index (χ0) is 13.4. The van der Waals surface area contributed by atoms with Gasteiger partial charge in [-0.1, -0.05) is 23.2 Å². The summed E-state index contributed by atoms with van der Waals surface area (Å²) in [4.78, 5) is 4.01. The standard InChI is InChI=1S/C11H12Cl2N4O/c1-5-9(6(2)17(3)16-5)18-11-8(13)4-7(12)10(14)15-11/h4H,1-3H3,(H2,14,15). The highest BCUT2D eigenvalue weighted by molar-refractivity contribution is 6.36. The lowest BCUT2D eigenvalue weighted by molar-refractivity contribution is 0.456.